The molecule has 2 aromatic rings. The summed E-state index contributed by atoms with van der Waals surface area (Å²) >= 11 is 0.713. The Morgan fingerprint density at radius 1 is 1.19 bits per heavy atom. The minimum Gasteiger partial charge on any atom is -0.381 e. The van der Waals surface area contributed by atoms with Gasteiger partial charge in [-0.1, -0.05) is 26.0 Å². The lowest BCUT2D eigenvalue weighted by Crippen LogP contribution is -2.36. The Kier molecular flexibility index (Phi) is 5.79. The first-order valence-electron chi connectivity index (χ1n) is 8.16. The maximum atomic E-state index is 12.9. The number of hydrogen-bond donors (Lipinski definition) is 3. The molecule has 0 aliphatic heterocycles. The molecular weight excluding hydrogens is 388 g/mol. The van der Waals surface area contributed by atoms with Crippen LogP contribution in [0.2, 0.25) is 0 Å². The van der Waals surface area contributed by atoms with E-state index < -0.39 is 27.3 Å². The van der Waals surface area contributed by atoms with Crippen LogP contribution < -0.4 is 11.1 Å². The van der Waals surface area contributed by atoms with E-state index in [1.807, 2.05) is 13.8 Å². The topological polar surface area (TPSA) is 127 Å². The Morgan fingerprint density at radius 2 is 1.74 bits per heavy atom. The van der Waals surface area contributed by atoms with Gasteiger partial charge in [-0.05, 0) is 43.5 Å². The molecule has 146 valence electrons. The summed E-state index contributed by atoms with van der Waals surface area (Å²) < 4.78 is 25.6. The van der Waals surface area contributed by atoms with Gasteiger partial charge in [0, 0.05) is 0 Å². The Hall–Kier alpha value is -2.23. The maximum Gasteiger partial charge on any atom is 0.256 e. The van der Waals surface area contributed by atoms with Crippen LogP contribution in [0, 0.1) is 0 Å². The minimum absolute atomic E-state index is 0.0213. The Morgan fingerprint density at radius 3 is 2.19 bits per heavy atom. The number of aliphatic hydroxyl groups is 1. The molecular formula is C18H22N2O5S2. The summed E-state index contributed by atoms with van der Waals surface area (Å²) in [5, 5.41) is 12.1. The van der Waals surface area contributed by atoms with Gasteiger partial charge in [-0.2, -0.15) is 0 Å². The molecule has 0 bridgehead atoms. The molecule has 4 N–H and O–H groups in total. The first-order valence-corrected chi connectivity index (χ1v) is 10.5. The van der Waals surface area contributed by atoms with Gasteiger partial charge in [0.05, 0.1) is 10.5 Å². The van der Waals surface area contributed by atoms with Crippen molar-refractivity contribution in [3.63, 3.8) is 0 Å². The van der Waals surface area contributed by atoms with E-state index in [1.165, 1.54) is 26.0 Å². The van der Waals surface area contributed by atoms with Gasteiger partial charge < -0.3 is 16.2 Å². The lowest BCUT2D eigenvalue weighted by atomic mass is 10.0. The number of thiophene rings is 1. The van der Waals surface area contributed by atoms with Crippen molar-refractivity contribution in [2.24, 2.45) is 5.73 Å². The van der Waals surface area contributed by atoms with Crippen molar-refractivity contribution in [2.45, 2.75) is 48.3 Å². The van der Waals surface area contributed by atoms with Crippen molar-refractivity contribution in [3.05, 3.63) is 41.5 Å². The van der Waals surface area contributed by atoms with E-state index in [2.05, 4.69) is 5.32 Å². The number of anilines is 1. The van der Waals surface area contributed by atoms with E-state index in [9.17, 15) is 23.1 Å². The summed E-state index contributed by atoms with van der Waals surface area (Å²) in [5.74, 6) is -1.40. The predicted octanol–water partition coefficient (Wildman–Crippen LogP) is 2.51. The molecule has 27 heavy (non-hydrogen) atoms. The van der Waals surface area contributed by atoms with Crippen LogP contribution >= 0.6 is 11.3 Å². The third-order valence-electron chi connectivity index (χ3n) is 3.88. The lowest BCUT2D eigenvalue weighted by molar-refractivity contribution is -0.130. The van der Waals surface area contributed by atoms with Crippen molar-refractivity contribution in [1.29, 1.82) is 0 Å². The first-order chi connectivity index (χ1) is 12.3. The molecule has 1 aromatic heterocycles. The normalized spacial score (nSPS) is 12.2. The average Bonchev–Trinajstić information content (AvgIpc) is 2.99. The SMILES string of the molecule is CC(C)c1ccc(S(=O)(=O)c2cc(C(N)=O)c(NC(=O)C(C)(C)O)s2)cc1. The number of amides is 2. The number of nitrogens with one attached hydrogen (secondary N) is 1. The van der Waals surface area contributed by atoms with Crippen molar-refractivity contribution >= 4 is 38.0 Å². The van der Waals surface area contributed by atoms with Crippen LogP contribution in [-0.4, -0.2) is 30.9 Å². The van der Waals surface area contributed by atoms with Crippen LogP contribution in [0.3, 0.4) is 0 Å². The van der Waals surface area contributed by atoms with Crippen LogP contribution in [0.15, 0.2) is 39.4 Å². The molecule has 0 aliphatic rings. The maximum absolute atomic E-state index is 12.9. The van der Waals surface area contributed by atoms with E-state index in [-0.39, 0.29) is 25.6 Å². The van der Waals surface area contributed by atoms with Crippen LogP contribution in [-0.2, 0) is 14.6 Å². The van der Waals surface area contributed by atoms with E-state index in [0.29, 0.717) is 11.3 Å². The minimum atomic E-state index is -3.89. The number of sulfone groups is 1. The number of rotatable bonds is 6. The summed E-state index contributed by atoms with van der Waals surface area (Å²) in [6.45, 7) is 6.54. The van der Waals surface area contributed by atoms with Gasteiger partial charge in [0.2, 0.25) is 9.84 Å². The molecule has 7 nitrogen and oxygen atoms in total. The number of carbonyl (C=O) groups is 2. The van der Waals surface area contributed by atoms with Gasteiger partial charge in [0.25, 0.3) is 11.8 Å². The molecule has 0 radical (unpaired) electrons. The lowest BCUT2D eigenvalue weighted by Gasteiger charge is -2.16. The van der Waals surface area contributed by atoms with Gasteiger partial charge in [0.1, 0.15) is 14.8 Å². The summed E-state index contributed by atoms with van der Waals surface area (Å²) in [7, 11) is -3.89. The zero-order valence-corrected chi connectivity index (χ0v) is 17.1. The number of primary amides is 1. The molecule has 0 fully saturated rings. The number of benzene rings is 1. The Balaban J connectivity index is 2.47. The molecule has 0 saturated heterocycles. The second-order valence-corrected chi connectivity index (χ2v) is 10.1. The van der Waals surface area contributed by atoms with Crippen molar-refractivity contribution in [3.8, 4) is 0 Å². The van der Waals surface area contributed by atoms with E-state index in [0.717, 1.165) is 11.6 Å². The second kappa shape index (κ2) is 7.41. The van der Waals surface area contributed by atoms with Crippen molar-refractivity contribution in [1.82, 2.24) is 0 Å². The highest BCUT2D eigenvalue weighted by atomic mass is 32.2. The second-order valence-electron chi connectivity index (χ2n) is 6.91. The highest BCUT2D eigenvalue weighted by molar-refractivity contribution is 7.93. The molecule has 9 heteroatoms. The van der Waals surface area contributed by atoms with Crippen molar-refractivity contribution in [2.75, 3.05) is 5.32 Å². The monoisotopic (exact) mass is 410 g/mol. The summed E-state index contributed by atoms with van der Waals surface area (Å²) in [6.07, 6.45) is 0. The molecule has 0 unspecified atom stereocenters. The Bertz CT molecular complexity index is 968. The fourth-order valence-corrected chi connectivity index (χ4v) is 4.95. The van der Waals surface area contributed by atoms with Crippen LogP contribution in [0.5, 0.6) is 0 Å². The number of carbonyl (C=O) groups excluding carboxylic acids is 2. The molecule has 0 aliphatic carbocycles. The first kappa shape index (κ1) is 21.1. The third kappa shape index (κ3) is 4.55. The van der Waals surface area contributed by atoms with Gasteiger partial charge in [-0.15, -0.1) is 11.3 Å². The van der Waals surface area contributed by atoms with Gasteiger partial charge >= 0.3 is 0 Å². The Labute approximate surface area is 162 Å². The largest absolute Gasteiger partial charge is 0.381 e. The summed E-state index contributed by atoms with van der Waals surface area (Å²) in [6, 6.07) is 7.61. The predicted molar refractivity (Wildman–Crippen MR) is 104 cm³/mol. The highest BCUT2D eigenvalue weighted by Crippen LogP contribution is 2.35. The molecule has 2 amide bonds. The van der Waals surface area contributed by atoms with Crippen molar-refractivity contribution < 1.29 is 23.1 Å². The molecule has 0 atom stereocenters. The molecule has 0 saturated carbocycles. The summed E-state index contributed by atoms with van der Waals surface area (Å²) in [5.41, 5.74) is 4.47. The summed E-state index contributed by atoms with van der Waals surface area (Å²) in [4.78, 5) is 23.7. The fourth-order valence-electron chi connectivity index (χ4n) is 2.18. The smallest absolute Gasteiger partial charge is 0.256 e. The fraction of sp³-hybridized carbons (Fsp3) is 0.333. The van der Waals surface area contributed by atoms with Gasteiger partial charge in [-0.3, -0.25) is 9.59 Å². The van der Waals surface area contributed by atoms with E-state index >= 15 is 0 Å². The van der Waals surface area contributed by atoms with Crippen LogP contribution in [0.25, 0.3) is 0 Å². The zero-order chi connectivity index (χ0) is 20.6. The molecule has 1 heterocycles. The van der Waals surface area contributed by atoms with Crippen LogP contribution in [0.1, 0.15) is 49.5 Å². The van der Waals surface area contributed by atoms with E-state index in [4.69, 9.17) is 5.73 Å². The molecule has 1 aromatic carbocycles. The zero-order valence-electron chi connectivity index (χ0n) is 15.4. The van der Waals surface area contributed by atoms with Gasteiger partial charge in [0.15, 0.2) is 0 Å². The highest BCUT2D eigenvalue weighted by Gasteiger charge is 2.29. The standard InChI is InChI=1S/C18H22N2O5S2/c1-10(2)11-5-7-12(8-6-11)27(24,25)14-9-13(15(19)21)16(26-14)20-17(22)18(3,4)23/h5-10,23H,1-4H3,(H2,19,21)(H,20,22). The third-order valence-corrected chi connectivity index (χ3v) is 7.17. The average molecular weight is 411 g/mol. The number of nitrogens with two attached hydrogens (primary N) is 1. The number of hydrogen-bond acceptors (Lipinski definition) is 6. The quantitative estimate of drug-likeness (QED) is 0.674. The molecule has 2 rings (SSSR count). The molecule has 0 spiro atoms. The van der Waals surface area contributed by atoms with Crippen LogP contribution in [0.4, 0.5) is 5.00 Å². The van der Waals surface area contributed by atoms with Gasteiger partial charge in [-0.25, -0.2) is 8.42 Å². The van der Waals surface area contributed by atoms with E-state index in [1.54, 1.807) is 12.1 Å².